The highest BCUT2D eigenvalue weighted by Gasteiger charge is 2.40. The van der Waals surface area contributed by atoms with Crippen molar-refractivity contribution >= 4 is 11.9 Å². The van der Waals surface area contributed by atoms with Crippen LogP contribution in [0.3, 0.4) is 0 Å². The molecule has 0 fully saturated rings. The Morgan fingerprint density at radius 1 is 1.25 bits per heavy atom. The zero-order valence-corrected chi connectivity index (χ0v) is 10.5. The number of carbonyl (C=O) groups is 2. The Kier molecular flexibility index (Phi) is 5.39. The molecule has 0 aromatic heterocycles. The number of carboxylic acids is 1. The molecular weight excluding hydrogens is 278 g/mol. The fraction of sp³-hybridized carbons (Fsp3) is 0.333. The third kappa shape index (κ3) is 4.47. The number of halogens is 2. The third-order valence-electron chi connectivity index (χ3n) is 2.13. The fourth-order valence-electron chi connectivity index (χ4n) is 1.12. The number of hydrogen-bond donors (Lipinski definition) is 1. The summed E-state index contributed by atoms with van der Waals surface area (Å²) in [6.45, 7) is -1.50. The van der Waals surface area contributed by atoms with Gasteiger partial charge in [0.25, 0.3) is 0 Å². The lowest BCUT2D eigenvalue weighted by Gasteiger charge is -2.11. The molecule has 1 aromatic rings. The monoisotopic (exact) mass is 290 g/mol. The van der Waals surface area contributed by atoms with E-state index in [-0.39, 0.29) is 12.4 Å². The third-order valence-corrected chi connectivity index (χ3v) is 2.13. The molecule has 0 heterocycles. The van der Waals surface area contributed by atoms with Crippen LogP contribution in [-0.2, 0) is 14.3 Å². The second-order valence-corrected chi connectivity index (χ2v) is 3.66. The van der Waals surface area contributed by atoms with Crippen molar-refractivity contribution in [2.75, 3.05) is 20.5 Å². The average Bonchev–Trinajstić information content (AvgIpc) is 2.43. The minimum Gasteiger partial charge on any atom is -0.477 e. The molecule has 1 aromatic carbocycles. The Balaban J connectivity index is 2.58. The molecule has 0 saturated heterocycles. The maximum Gasteiger partial charge on any atom is 0.378 e. The van der Waals surface area contributed by atoms with E-state index in [0.29, 0.717) is 5.75 Å². The molecule has 20 heavy (non-hydrogen) atoms. The van der Waals surface area contributed by atoms with Crippen LogP contribution in [0.1, 0.15) is 10.4 Å². The van der Waals surface area contributed by atoms with Crippen molar-refractivity contribution in [1.29, 1.82) is 0 Å². The van der Waals surface area contributed by atoms with E-state index >= 15 is 0 Å². The summed E-state index contributed by atoms with van der Waals surface area (Å²) in [5, 5.41) is 8.17. The fourth-order valence-corrected chi connectivity index (χ4v) is 1.12. The number of rotatable bonds is 7. The Morgan fingerprint density at radius 2 is 1.85 bits per heavy atom. The molecule has 0 unspecified atom stereocenters. The smallest absolute Gasteiger partial charge is 0.378 e. The van der Waals surface area contributed by atoms with Crippen LogP contribution in [0.2, 0.25) is 0 Å². The van der Waals surface area contributed by atoms with Gasteiger partial charge in [-0.25, -0.2) is 9.59 Å². The number of methoxy groups -OCH3 is 1. The van der Waals surface area contributed by atoms with Gasteiger partial charge in [0, 0.05) is 7.11 Å². The van der Waals surface area contributed by atoms with Crippen molar-refractivity contribution in [3.63, 3.8) is 0 Å². The molecule has 0 aliphatic heterocycles. The average molecular weight is 290 g/mol. The van der Waals surface area contributed by atoms with Crippen molar-refractivity contribution < 1.29 is 37.7 Å². The van der Waals surface area contributed by atoms with Crippen LogP contribution >= 0.6 is 0 Å². The van der Waals surface area contributed by atoms with E-state index in [1.165, 1.54) is 31.4 Å². The van der Waals surface area contributed by atoms with Crippen molar-refractivity contribution in [2.45, 2.75) is 5.92 Å². The van der Waals surface area contributed by atoms with Gasteiger partial charge < -0.3 is 19.3 Å². The van der Waals surface area contributed by atoms with Crippen molar-refractivity contribution in [3.05, 3.63) is 29.8 Å². The summed E-state index contributed by atoms with van der Waals surface area (Å²) in [4.78, 5) is 21.6. The van der Waals surface area contributed by atoms with E-state index in [1.54, 1.807) is 0 Å². The maximum atomic E-state index is 12.7. The van der Waals surface area contributed by atoms with Crippen molar-refractivity contribution in [2.24, 2.45) is 0 Å². The van der Waals surface area contributed by atoms with E-state index in [4.69, 9.17) is 9.84 Å². The van der Waals surface area contributed by atoms with Gasteiger partial charge in [0.1, 0.15) is 5.75 Å². The lowest BCUT2D eigenvalue weighted by molar-refractivity contribution is -0.170. The summed E-state index contributed by atoms with van der Waals surface area (Å²) < 4.78 is 39.4. The van der Waals surface area contributed by atoms with Crippen molar-refractivity contribution in [3.8, 4) is 5.75 Å². The molecule has 0 aliphatic rings. The largest absolute Gasteiger partial charge is 0.477 e. The number of ether oxygens (including phenoxy) is 3. The molecule has 0 radical (unpaired) electrons. The second kappa shape index (κ2) is 6.80. The van der Waals surface area contributed by atoms with Gasteiger partial charge in [-0.2, -0.15) is 8.78 Å². The van der Waals surface area contributed by atoms with E-state index < -0.39 is 24.5 Å². The molecule has 0 amide bonds. The number of carboxylic acid groups (broad SMARTS) is 1. The molecule has 0 aliphatic carbocycles. The van der Waals surface area contributed by atoms with E-state index in [2.05, 4.69) is 9.47 Å². The Bertz CT molecular complexity index is 471. The molecule has 1 N–H and O–H groups in total. The van der Waals surface area contributed by atoms with E-state index in [9.17, 15) is 18.4 Å². The summed E-state index contributed by atoms with van der Waals surface area (Å²) in [6.07, 6.45) is 0. The zero-order valence-electron chi connectivity index (χ0n) is 10.5. The van der Waals surface area contributed by atoms with Gasteiger partial charge >= 0.3 is 17.9 Å². The Hall–Kier alpha value is -2.22. The first-order valence-corrected chi connectivity index (χ1v) is 5.37. The van der Waals surface area contributed by atoms with Gasteiger partial charge in [0.05, 0.1) is 5.56 Å². The summed E-state index contributed by atoms with van der Waals surface area (Å²) in [5.74, 6) is -7.10. The molecule has 0 atom stereocenters. The standard InChI is InChI=1S/C12H12F2O6/c1-18-7-20-9-4-2-8(3-5-9)10(15)19-6-12(13,14)11(16)17/h2-5H,6-7H2,1H3,(H,16,17). The molecule has 8 heteroatoms. The van der Waals surface area contributed by atoms with Crippen LogP contribution in [-0.4, -0.2) is 43.5 Å². The lowest BCUT2D eigenvalue weighted by atomic mass is 10.2. The molecule has 0 saturated carbocycles. The van der Waals surface area contributed by atoms with Gasteiger partial charge in [0.15, 0.2) is 13.4 Å². The summed E-state index contributed by atoms with van der Waals surface area (Å²) in [5.41, 5.74) is -0.00374. The maximum absolute atomic E-state index is 12.7. The number of hydrogen-bond acceptors (Lipinski definition) is 5. The molecule has 1 rings (SSSR count). The van der Waals surface area contributed by atoms with Gasteiger partial charge in [0.2, 0.25) is 0 Å². The van der Waals surface area contributed by atoms with Crippen LogP contribution in [0.25, 0.3) is 0 Å². The first kappa shape index (κ1) is 15.8. The first-order valence-electron chi connectivity index (χ1n) is 5.37. The zero-order chi connectivity index (χ0) is 15.2. The van der Waals surface area contributed by atoms with Crippen LogP contribution in [0, 0.1) is 0 Å². The van der Waals surface area contributed by atoms with Crippen LogP contribution < -0.4 is 4.74 Å². The topological polar surface area (TPSA) is 82.1 Å². The normalized spacial score (nSPS) is 10.9. The van der Waals surface area contributed by atoms with Gasteiger partial charge in [-0.05, 0) is 24.3 Å². The highest BCUT2D eigenvalue weighted by Crippen LogP contribution is 2.16. The highest BCUT2D eigenvalue weighted by atomic mass is 19.3. The molecule has 110 valence electrons. The predicted octanol–water partition coefficient (Wildman–Crippen LogP) is 1.55. The number of carbonyl (C=O) groups excluding carboxylic acids is 1. The van der Waals surface area contributed by atoms with Crippen LogP contribution in [0.4, 0.5) is 8.78 Å². The summed E-state index contributed by atoms with van der Waals surface area (Å²) in [7, 11) is 1.44. The first-order chi connectivity index (χ1) is 9.36. The molecule has 0 bridgehead atoms. The Labute approximate surface area is 112 Å². The van der Waals surface area contributed by atoms with E-state index in [1.807, 2.05) is 0 Å². The van der Waals surface area contributed by atoms with Gasteiger partial charge in [-0.3, -0.25) is 0 Å². The minimum absolute atomic E-state index is 0.00374. The van der Waals surface area contributed by atoms with Gasteiger partial charge in [-0.15, -0.1) is 0 Å². The Morgan fingerprint density at radius 3 is 2.35 bits per heavy atom. The summed E-state index contributed by atoms with van der Waals surface area (Å²) in [6, 6.07) is 5.44. The van der Waals surface area contributed by atoms with Crippen LogP contribution in [0.5, 0.6) is 5.75 Å². The lowest BCUT2D eigenvalue weighted by Crippen LogP contribution is -2.34. The number of benzene rings is 1. The minimum atomic E-state index is -4.11. The molecule has 0 spiro atoms. The van der Waals surface area contributed by atoms with Crippen LogP contribution in [0.15, 0.2) is 24.3 Å². The summed E-state index contributed by atoms with van der Waals surface area (Å²) >= 11 is 0. The van der Waals surface area contributed by atoms with Gasteiger partial charge in [-0.1, -0.05) is 0 Å². The number of esters is 1. The molecular formula is C12H12F2O6. The van der Waals surface area contributed by atoms with Crippen molar-refractivity contribution in [1.82, 2.24) is 0 Å². The highest BCUT2D eigenvalue weighted by molar-refractivity contribution is 5.89. The quantitative estimate of drug-likeness (QED) is 0.606. The SMILES string of the molecule is COCOc1ccc(C(=O)OCC(F)(F)C(=O)O)cc1. The number of alkyl halides is 2. The molecule has 6 nitrogen and oxygen atoms in total. The number of aliphatic carboxylic acids is 1. The van der Waals surface area contributed by atoms with E-state index in [0.717, 1.165) is 0 Å². The second-order valence-electron chi connectivity index (χ2n) is 3.66. The predicted molar refractivity (Wildman–Crippen MR) is 61.8 cm³/mol.